The van der Waals surface area contributed by atoms with Crippen LogP contribution in [0.1, 0.15) is 0 Å². The zero-order valence-electron chi connectivity index (χ0n) is 34.9. The van der Waals surface area contributed by atoms with Gasteiger partial charge in [-0.05, 0) is 108 Å². The molecule has 0 unspecified atom stereocenters. The molecule has 0 fully saturated rings. The van der Waals surface area contributed by atoms with Crippen molar-refractivity contribution in [2.75, 3.05) is 4.90 Å². The summed E-state index contributed by atoms with van der Waals surface area (Å²) < 4.78 is 7.19. The summed E-state index contributed by atoms with van der Waals surface area (Å²) in [5.74, 6) is 0. The van der Waals surface area contributed by atoms with Gasteiger partial charge in [0.25, 0.3) is 0 Å². The van der Waals surface area contributed by atoms with Crippen LogP contribution in [0.2, 0.25) is 0 Å². The van der Waals surface area contributed by atoms with Crippen LogP contribution in [-0.4, -0.2) is 13.7 Å². The Balaban J connectivity index is 1.01. The van der Waals surface area contributed by atoms with Crippen LogP contribution in [0, 0.1) is 0 Å². The van der Waals surface area contributed by atoms with Crippen LogP contribution in [0.3, 0.4) is 0 Å². The van der Waals surface area contributed by atoms with E-state index in [9.17, 15) is 0 Å². The number of nitrogens with zero attached hydrogens (tertiary/aromatic N) is 4. The lowest BCUT2D eigenvalue weighted by Gasteiger charge is -2.26. The number of hydrogen-bond acceptors (Lipinski definition) is 1. The van der Waals surface area contributed by atoms with Gasteiger partial charge in [0, 0.05) is 66.4 Å². The number of benzene rings is 10. The van der Waals surface area contributed by atoms with E-state index in [-0.39, 0.29) is 0 Å². The Morgan fingerprint density at radius 3 is 0.953 bits per heavy atom. The molecule has 64 heavy (non-hydrogen) atoms. The Kier molecular flexibility index (Phi) is 8.18. The fourth-order valence-corrected chi connectivity index (χ4v) is 10.2. The summed E-state index contributed by atoms with van der Waals surface area (Å²) in [5, 5.41) is 7.42. The predicted octanol–water partition coefficient (Wildman–Crippen LogP) is 16.1. The van der Waals surface area contributed by atoms with Gasteiger partial charge in [-0.1, -0.05) is 146 Å². The molecule has 4 heteroatoms. The van der Waals surface area contributed by atoms with Gasteiger partial charge in [-0.3, -0.25) is 0 Å². The number of hydrogen-bond donors (Lipinski definition) is 0. The molecular formula is C60H40N4. The van der Waals surface area contributed by atoms with E-state index in [1.54, 1.807) is 0 Å². The smallest absolute Gasteiger partial charge is 0.0561 e. The van der Waals surface area contributed by atoms with Crippen LogP contribution >= 0.6 is 0 Å². The maximum atomic E-state index is 2.42. The summed E-state index contributed by atoms with van der Waals surface area (Å²) in [6.07, 6.45) is 0. The van der Waals surface area contributed by atoms with Gasteiger partial charge >= 0.3 is 0 Å². The zero-order valence-corrected chi connectivity index (χ0v) is 34.9. The molecule has 0 spiro atoms. The first-order chi connectivity index (χ1) is 31.8. The Morgan fingerprint density at radius 1 is 0.219 bits per heavy atom. The van der Waals surface area contributed by atoms with Crippen LogP contribution in [0.5, 0.6) is 0 Å². The van der Waals surface area contributed by atoms with E-state index < -0.39 is 0 Å². The second kappa shape index (κ2) is 14.5. The Labute approximate surface area is 370 Å². The highest BCUT2D eigenvalue weighted by Gasteiger charge is 2.21. The fraction of sp³-hybridized carbons (Fsp3) is 0. The van der Waals surface area contributed by atoms with Crippen molar-refractivity contribution in [2.24, 2.45) is 0 Å². The molecule has 0 saturated carbocycles. The summed E-state index contributed by atoms with van der Waals surface area (Å²) in [5.41, 5.74) is 16.1. The zero-order chi connectivity index (χ0) is 42.1. The molecule has 0 amide bonds. The lowest BCUT2D eigenvalue weighted by molar-refractivity contribution is 1.17. The van der Waals surface area contributed by atoms with Crippen molar-refractivity contribution in [2.45, 2.75) is 0 Å². The molecule has 0 aliphatic heterocycles. The molecule has 0 aliphatic rings. The van der Waals surface area contributed by atoms with Crippen molar-refractivity contribution < 1.29 is 0 Å². The molecule has 0 bridgehead atoms. The Morgan fingerprint density at radius 2 is 0.531 bits per heavy atom. The molecule has 0 atom stereocenters. The Hall–Kier alpha value is -8.60. The third-order valence-corrected chi connectivity index (χ3v) is 13.0. The molecule has 13 rings (SSSR count). The highest BCUT2D eigenvalue weighted by Crippen LogP contribution is 2.43. The van der Waals surface area contributed by atoms with Crippen molar-refractivity contribution in [1.82, 2.24) is 13.7 Å². The summed E-state index contributed by atoms with van der Waals surface area (Å²) in [6.45, 7) is 0. The number of rotatable bonds is 7. The van der Waals surface area contributed by atoms with E-state index in [0.29, 0.717) is 0 Å². The van der Waals surface area contributed by atoms with Crippen molar-refractivity contribution in [3.8, 4) is 28.2 Å². The monoisotopic (exact) mass is 816 g/mol. The van der Waals surface area contributed by atoms with Gasteiger partial charge in [0.2, 0.25) is 0 Å². The molecule has 0 N–H and O–H groups in total. The minimum absolute atomic E-state index is 1.08. The molecule has 0 saturated heterocycles. The van der Waals surface area contributed by atoms with Crippen LogP contribution in [0.4, 0.5) is 17.1 Å². The predicted molar refractivity (Wildman–Crippen MR) is 270 cm³/mol. The number of aromatic nitrogens is 3. The third-order valence-electron chi connectivity index (χ3n) is 13.0. The summed E-state index contributed by atoms with van der Waals surface area (Å²) in [7, 11) is 0. The first kappa shape index (κ1) is 36.1. The van der Waals surface area contributed by atoms with Crippen molar-refractivity contribution >= 4 is 82.5 Å². The van der Waals surface area contributed by atoms with Crippen molar-refractivity contribution in [1.29, 1.82) is 0 Å². The second-order valence-corrected chi connectivity index (χ2v) is 16.6. The van der Waals surface area contributed by atoms with Crippen LogP contribution in [0.15, 0.2) is 243 Å². The van der Waals surface area contributed by atoms with Gasteiger partial charge in [-0.25, -0.2) is 0 Å². The SMILES string of the molecule is c1ccc(-n2c3ccccc3c3ccc(-c4ccc(N(c5ccc6c7ccccc7n(-c7ccccc7)c6c5)c5ccc6c7ccccc7n(-c7ccccc7)c6c5)cc4)cc32)cc1. The maximum Gasteiger partial charge on any atom is 0.0561 e. The minimum Gasteiger partial charge on any atom is -0.310 e. The quantitative estimate of drug-likeness (QED) is 0.157. The number of anilines is 3. The molecule has 4 nitrogen and oxygen atoms in total. The van der Waals surface area contributed by atoms with E-state index in [0.717, 1.165) is 50.7 Å². The van der Waals surface area contributed by atoms with Crippen LogP contribution in [0.25, 0.3) is 93.6 Å². The van der Waals surface area contributed by atoms with Gasteiger partial charge in [0.1, 0.15) is 0 Å². The molecule has 3 aromatic heterocycles. The van der Waals surface area contributed by atoms with Crippen LogP contribution in [-0.2, 0) is 0 Å². The van der Waals surface area contributed by atoms with Crippen molar-refractivity contribution in [3.05, 3.63) is 243 Å². The van der Waals surface area contributed by atoms with Gasteiger partial charge in [-0.15, -0.1) is 0 Å². The summed E-state index contributed by atoms with van der Waals surface area (Å²) in [6, 6.07) is 88.2. The molecule has 13 aromatic rings. The van der Waals surface area contributed by atoms with E-state index in [2.05, 4.69) is 261 Å². The van der Waals surface area contributed by atoms with Crippen LogP contribution < -0.4 is 4.90 Å². The van der Waals surface area contributed by atoms with E-state index in [4.69, 9.17) is 0 Å². The Bertz CT molecular complexity index is 3720. The summed E-state index contributed by atoms with van der Waals surface area (Å²) in [4.78, 5) is 2.42. The molecule has 10 aromatic carbocycles. The van der Waals surface area contributed by atoms with Gasteiger partial charge < -0.3 is 18.6 Å². The van der Waals surface area contributed by atoms with Crippen molar-refractivity contribution in [3.63, 3.8) is 0 Å². The fourth-order valence-electron chi connectivity index (χ4n) is 10.2. The average molecular weight is 817 g/mol. The first-order valence-corrected chi connectivity index (χ1v) is 21.9. The third kappa shape index (κ3) is 5.63. The first-order valence-electron chi connectivity index (χ1n) is 21.9. The largest absolute Gasteiger partial charge is 0.310 e. The summed E-state index contributed by atoms with van der Waals surface area (Å²) >= 11 is 0. The normalized spacial score (nSPS) is 11.8. The second-order valence-electron chi connectivity index (χ2n) is 16.6. The highest BCUT2D eigenvalue weighted by atomic mass is 15.1. The maximum absolute atomic E-state index is 2.42. The van der Waals surface area contributed by atoms with E-state index >= 15 is 0 Å². The minimum atomic E-state index is 1.08. The average Bonchev–Trinajstić information content (AvgIpc) is 4.00. The van der Waals surface area contributed by atoms with Gasteiger partial charge in [0.05, 0.1) is 33.1 Å². The molecule has 0 radical (unpaired) electrons. The van der Waals surface area contributed by atoms with E-state index in [1.165, 1.54) is 59.9 Å². The van der Waals surface area contributed by atoms with Gasteiger partial charge in [-0.2, -0.15) is 0 Å². The van der Waals surface area contributed by atoms with Gasteiger partial charge in [0.15, 0.2) is 0 Å². The lowest BCUT2D eigenvalue weighted by Crippen LogP contribution is -2.10. The topological polar surface area (TPSA) is 18.0 Å². The van der Waals surface area contributed by atoms with E-state index in [1.807, 2.05) is 0 Å². The molecular weight excluding hydrogens is 777 g/mol. The molecule has 300 valence electrons. The lowest BCUT2D eigenvalue weighted by atomic mass is 10.0. The molecule has 3 heterocycles. The molecule has 0 aliphatic carbocycles. The number of para-hydroxylation sites is 6. The standard InChI is InChI=1S/C60H40N4/c1-4-16-43(17-5-1)62-55-25-13-10-22-49(55)52-35-30-42(38-58(52)62)41-28-31-46(32-29-41)61(47-33-36-53-50-23-11-14-26-56(50)63(59(53)39-47)44-18-6-2-7-19-44)48-34-37-54-51-24-12-15-27-57(51)64(60(54)40-48)45-20-8-3-9-21-45/h1-40H. The number of fused-ring (bicyclic) bond motifs is 9. The highest BCUT2D eigenvalue weighted by molar-refractivity contribution is 6.13.